The molecule has 8 aromatic rings. The van der Waals surface area contributed by atoms with E-state index in [4.69, 9.17) is 11.0 Å². The monoisotopic (exact) mass is 695 g/mol. The molecule has 1 nitrogen and oxygen atoms in total. The van der Waals surface area contributed by atoms with Gasteiger partial charge in [0.25, 0.3) is 0 Å². The summed E-state index contributed by atoms with van der Waals surface area (Å²) in [5.41, 5.74) is 17.0. The van der Waals surface area contributed by atoms with Crippen LogP contribution in [0, 0.1) is 0 Å². The number of nitrogens with zero attached hydrogens (tertiary/aromatic N) is 1. The van der Waals surface area contributed by atoms with Crippen molar-refractivity contribution in [2.75, 3.05) is 4.90 Å². The summed E-state index contributed by atoms with van der Waals surface area (Å²) < 4.78 is 66.7. The lowest BCUT2D eigenvalue weighted by atomic mass is 9.70. The minimum atomic E-state index is -2.07. The van der Waals surface area contributed by atoms with Gasteiger partial charge in [-0.1, -0.05) is 146 Å². The van der Waals surface area contributed by atoms with E-state index in [1.807, 2.05) is 36.4 Å². The van der Waals surface area contributed by atoms with E-state index in [0.29, 0.717) is 22.3 Å². The summed E-state index contributed by atoms with van der Waals surface area (Å²) in [5.74, 6) is 0. The van der Waals surface area contributed by atoms with Crippen LogP contribution in [-0.2, 0) is 30.9 Å². The molecule has 12 rings (SSSR count). The van der Waals surface area contributed by atoms with Gasteiger partial charge in [-0.05, 0) is 139 Å². The Morgan fingerprint density at radius 3 is 1.33 bits per heavy atom. The molecule has 0 saturated heterocycles. The minimum Gasteiger partial charge on any atom is -0.310 e. The third kappa shape index (κ3) is 4.10. The molecule has 0 N–H and O–H groups in total. The van der Waals surface area contributed by atoms with Crippen molar-refractivity contribution in [1.82, 2.24) is 0 Å². The zero-order chi connectivity index (χ0) is 42.6. The van der Waals surface area contributed by atoms with E-state index in [0.717, 1.165) is 50.4 Å². The summed E-state index contributed by atoms with van der Waals surface area (Å²) in [4.78, 5) is 2.28. The Labute approximate surface area is 328 Å². The number of anilines is 3. The quantitative estimate of drug-likeness (QED) is 0.173. The van der Waals surface area contributed by atoms with Gasteiger partial charge in [0.15, 0.2) is 0 Å². The van der Waals surface area contributed by atoms with Gasteiger partial charge in [0.05, 0.1) is 11.1 Å². The highest BCUT2D eigenvalue weighted by atomic mass is 15.1. The average molecular weight is 696 g/mol. The molecule has 0 aromatic heterocycles. The van der Waals surface area contributed by atoms with E-state index in [1.165, 1.54) is 33.4 Å². The van der Waals surface area contributed by atoms with Crippen LogP contribution in [0.3, 0.4) is 0 Å². The molecule has 54 heavy (non-hydrogen) atoms. The van der Waals surface area contributed by atoms with Gasteiger partial charge in [-0.25, -0.2) is 0 Å². The maximum Gasteiger partial charge on any atom is 0.0726 e. The van der Waals surface area contributed by atoms with Crippen molar-refractivity contribution in [2.45, 2.75) is 30.9 Å². The Kier molecular flexibility index (Phi) is 4.86. The molecule has 1 heteroatoms. The molecule has 4 aliphatic carbocycles. The lowest BCUT2D eigenvalue weighted by Gasteiger charge is -2.32. The van der Waals surface area contributed by atoms with Crippen molar-refractivity contribution in [2.24, 2.45) is 0 Å². The lowest BCUT2D eigenvalue weighted by molar-refractivity contribution is 0.794. The Balaban J connectivity index is 1.03. The van der Waals surface area contributed by atoms with Crippen LogP contribution in [-0.4, -0.2) is 0 Å². The smallest absolute Gasteiger partial charge is 0.0726 e. The molecule has 0 amide bonds. The van der Waals surface area contributed by atoms with Crippen LogP contribution in [0.15, 0.2) is 176 Å². The second kappa shape index (κ2) is 11.3. The van der Waals surface area contributed by atoms with Gasteiger partial charge in [-0.15, -0.1) is 0 Å². The van der Waals surface area contributed by atoms with Crippen LogP contribution in [0.2, 0.25) is 0 Å². The molecule has 0 atom stereocenters. The molecule has 0 fully saturated rings. The van der Waals surface area contributed by atoms with Gasteiger partial charge < -0.3 is 4.90 Å². The van der Waals surface area contributed by atoms with Crippen LogP contribution in [0.4, 0.5) is 17.1 Å². The predicted molar refractivity (Wildman–Crippen MR) is 223 cm³/mol. The molecule has 0 bridgehead atoms. The summed E-state index contributed by atoms with van der Waals surface area (Å²) >= 11 is 0. The summed E-state index contributed by atoms with van der Waals surface area (Å²) in [5, 5.41) is 0. The molecule has 8 aromatic carbocycles. The fourth-order valence-corrected chi connectivity index (χ4v) is 9.36. The molecule has 4 aliphatic rings. The number of aryl methyl sites for hydroxylation is 4. The number of benzene rings is 8. The minimum absolute atomic E-state index is 0.385. The number of hydrogen-bond acceptors (Lipinski definition) is 1. The molecular weight excluding hydrogens is 651 g/mol. The first-order valence-corrected chi connectivity index (χ1v) is 18.5. The van der Waals surface area contributed by atoms with E-state index < -0.39 is 30.9 Å². The number of fused-ring (bicyclic) bond motifs is 12. The van der Waals surface area contributed by atoms with Crippen molar-refractivity contribution < 1.29 is 11.0 Å². The first-order valence-electron chi connectivity index (χ1n) is 22.5. The molecule has 0 radical (unpaired) electrons. The Hall–Kier alpha value is -6.44. The fraction of sp³-hybridized carbons (Fsp3) is 0.0943. The van der Waals surface area contributed by atoms with Gasteiger partial charge in [-0.2, -0.15) is 0 Å². The maximum absolute atomic E-state index is 8.42. The van der Waals surface area contributed by atoms with Gasteiger partial charge in [0.2, 0.25) is 0 Å². The van der Waals surface area contributed by atoms with Gasteiger partial charge in [0, 0.05) is 27.9 Å². The highest BCUT2D eigenvalue weighted by molar-refractivity contribution is 6.01. The van der Waals surface area contributed by atoms with Gasteiger partial charge in [0.1, 0.15) is 0 Å². The van der Waals surface area contributed by atoms with Crippen molar-refractivity contribution in [3.05, 3.63) is 220 Å². The van der Waals surface area contributed by atoms with E-state index >= 15 is 0 Å². The standard InChI is InChI=1S/C53H37N/c1-4-11-47-44(8-1)45-9-2-5-12-48(45)53(47)49-13-6-3-10-46(49)52-50(53)14-7-15-51(52)54(42-28-24-36(25-29-42)40-22-18-34-16-20-38(34)32-40)43-30-26-37(27-31-43)41-23-19-35-17-21-39(35)33-41/h1-15,18-19,22-33H,16-17,20-21H2/i16D2,17D2,20D2,21D2. The highest BCUT2D eigenvalue weighted by Gasteiger charge is 2.52. The van der Waals surface area contributed by atoms with Crippen molar-refractivity contribution in [3.8, 4) is 44.5 Å². The summed E-state index contributed by atoms with van der Waals surface area (Å²) in [6.45, 7) is 0. The van der Waals surface area contributed by atoms with E-state index in [2.05, 4.69) is 120 Å². The number of hydrogen-bond donors (Lipinski definition) is 0. The number of rotatable bonds is 5. The van der Waals surface area contributed by atoms with E-state index in [1.54, 1.807) is 24.3 Å². The predicted octanol–water partition coefficient (Wildman–Crippen LogP) is 13.0. The van der Waals surface area contributed by atoms with Crippen molar-refractivity contribution >= 4 is 17.1 Å². The molecule has 0 aliphatic heterocycles. The van der Waals surface area contributed by atoms with Crippen molar-refractivity contribution in [1.29, 1.82) is 0 Å². The summed E-state index contributed by atoms with van der Waals surface area (Å²) in [6, 6.07) is 60.1. The normalized spacial score (nSPS) is 20.4. The second-order valence-electron chi connectivity index (χ2n) is 14.5. The Bertz CT molecular complexity index is 3040. The van der Waals surface area contributed by atoms with E-state index in [-0.39, 0.29) is 0 Å². The summed E-state index contributed by atoms with van der Waals surface area (Å²) in [6.07, 6.45) is -8.19. The van der Waals surface area contributed by atoms with Crippen molar-refractivity contribution in [3.63, 3.8) is 0 Å². The molecule has 0 heterocycles. The maximum atomic E-state index is 8.42. The average Bonchev–Trinajstić information content (AvgIpc) is 3.77. The topological polar surface area (TPSA) is 3.24 Å². The molecular formula is C53H37N. The third-order valence-electron chi connectivity index (χ3n) is 11.9. The molecule has 0 saturated carbocycles. The third-order valence-corrected chi connectivity index (χ3v) is 11.9. The van der Waals surface area contributed by atoms with E-state index in [9.17, 15) is 0 Å². The second-order valence-corrected chi connectivity index (χ2v) is 14.5. The van der Waals surface area contributed by atoms with Crippen LogP contribution < -0.4 is 4.90 Å². The first kappa shape index (κ1) is 23.3. The Morgan fingerprint density at radius 1 is 0.370 bits per heavy atom. The highest BCUT2D eigenvalue weighted by Crippen LogP contribution is 2.64. The van der Waals surface area contributed by atoms with Crippen LogP contribution in [0.25, 0.3) is 44.5 Å². The molecule has 0 unspecified atom stereocenters. The van der Waals surface area contributed by atoms with Crippen LogP contribution >= 0.6 is 0 Å². The lowest BCUT2D eigenvalue weighted by Crippen LogP contribution is -2.26. The zero-order valence-corrected chi connectivity index (χ0v) is 29.2. The molecule has 254 valence electrons. The van der Waals surface area contributed by atoms with Gasteiger partial charge >= 0.3 is 0 Å². The largest absolute Gasteiger partial charge is 0.310 e. The first-order chi connectivity index (χ1) is 29.8. The van der Waals surface area contributed by atoms with Crippen LogP contribution in [0.5, 0.6) is 0 Å². The van der Waals surface area contributed by atoms with Gasteiger partial charge in [-0.3, -0.25) is 0 Å². The fourth-order valence-electron chi connectivity index (χ4n) is 9.36. The molecule has 1 spiro atoms. The SMILES string of the molecule is [2H]C1([2H])c2ccc(-c3ccc(N(c4ccc(-c5ccc6c(c5)C([2H])([2H])C6([2H])[2H])cc4)c4cccc5c4-c4ccccc4C54c5ccccc5-c5ccccc54)cc3)cc2C1([2H])[2H]. The zero-order valence-electron chi connectivity index (χ0n) is 37.2. The Morgan fingerprint density at radius 2 is 0.796 bits per heavy atom. The van der Waals surface area contributed by atoms with Crippen LogP contribution in [0.1, 0.15) is 55.5 Å². The summed E-state index contributed by atoms with van der Waals surface area (Å²) in [7, 11) is 0.